The fraction of sp³-hybridized carbons (Fsp3) is 0.634. The number of hydrogen-bond acceptors (Lipinski definition) is 13. The number of rotatable bonds is 8. The zero-order valence-corrected chi connectivity index (χ0v) is 33.3. The van der Waals surface area contributed by atoms with Crippen LogP contribution < -0.4 is 5.32 Å². The third kappa shape index (κ3) is 7.58. The normalized spacial score (nSPS) is 33.5. The number of carbonyl (C=O) groups is 5. The van der Waals surface area contributed by atoms with E-state index in [4.69, 9.17) is 23.7 Å². The van der Waals surface area contributed by atoms with Crippen LogP contribution in [0.25, 0.3) is 0 Å². The van der Waals surface area contributed by atoms with Gasteiger partial charge in [-0.25, -0.2) is 14.4 Å². The number of benzene rings is 1. The number of ketones is 1. The summed E-state index contributed by atoms with van der Waals surface area (Å²) in [6, 6.07) is 6.79. The van der Waals surface area contributed by atoms with Gasteiger partial charge in [0.05, 0.1) is 30.2 Å². The Bertz CT molecular complexity index is 1770. The first kappa shape index (κ1) is 42.0. The van der Waals surface area contributed by atoms with Crippen molar-refractivity contribution in [2.24, 2.45) is 16.7 Å². The lowest BCUT2D eigenvalue weighted by atomic mass is 9.45. The molecule has 55 heavy (non-hydrogen) atoms. The largest absolute Gasteiger partial charge is 0.456 e. The summed E-state index contributed by atoms with van der Waals surface area (Å²) in [6.07, 6.45) is -7.11. The predicted octanol–water partition coefficient (Wildman–Crippen LogP) is 3.88. The topological polar surface area (TPSA) is 204 Å². The number of hydrogen-bond donors (Lipinski definition) is 4. The van der Waals surface area contributed by atoms with Crippen LogP contribution in [-0.4, -0.2) is 105 Å². The van der Waals surface area contributed by atoms with Crippen molar-refractivity contribution >= 4 is 29.8 Å². The van der Waals surface area contributed by atoms with E-state index >= 15 is 0 Å². The van der Waals surface area contributed by atoms with Crippen LogP contribution in [0.5, 0.6) is 0 Å². The number of ether oxygens (including phenoxy) is 5. The molecule has 1 heterocycles. The van der Waals surface area contributed by atoms with Gasteiger partial charge in [-0.1, -0.05) is 50.6 Å². The average Bonchev–Trinajstić information content (AvgIpc) is 3.05. The Kier molecular flexibility index (Phi) is 11.3. The number of Topliss-reactive ketones (excluding diaryl/α,β-unsaturated/α-hetero) is 1. The molecule has 10 atom stereocenters. The van der Waals surface area contributed by atoms with Gasteiger partial charge in [-0.05, 0) is 59.2 Å². The summed E-state index contributed by atoms with van der Waals surface area (Å²) < 4.78 is 29.6. The minimum Gasteiger partial charge on any atom is -0.456 e. The standard InChI is InChI=1S/C41H55NO13/c1-21(2)16-25(42-36(49)55-37(5,6)7)31(46)35(48)52-27-19-41(50)33(53-34(47)24-14-12-11-13-15-24)32-39(10,18-26(44)30(22(27)3)38(41,8)9)28(45)17-29-40(32,20-51-29)54-23(4)43/h11-16,25,27-29,31-33,45-46,50H,17-20H2,1-10H3,(H,42,49)/t25-,27-,28-,29+,31+,32-,33-,39+,40-,41+/m0/s1. The second kappa shape index (κ2) is 14.8. The van der Waals surface area contributed by atoms with Gasteiger partial charge in [0.2, 0.25) is 0 Å². The third-order valence-corrected chi connectivity index (χ3v) is 11.8. The van der Waals surface area contributed by atoms with Crippen LogP contribution in [0, 0.1) is 16.7 Å². The first-order valence-corrected chi connectivity index (χ1v) is 18.6. The fourth-order valence-electron chi connectivity index (χ4n) is 9.15. The van der Waals surface area contributed by atoms with E-state index in [1.54, 1.807) is 80.5 Å². The van der Waals surface area contributed by atoms with Gasteiger partial charge in [0.25, 0.3) is 0 Å². The molecule has 0 spiro atoms. The van der Waals surface area contributed by atoms with Crippen molar-refractivity contribution in [1.82, 2.24) is 5.32 Å². The second-order valence-electron chi connectivity index (χ2n) is 17.5. The van der Waals surface area contributed by atoms with Crippen molar-refractivity contribution < 1.29 is 63.0 Å². The molecular formula is C41H55NO13. The van der Waals surface area contributed by atoms with E-state index in [0.29, 0.717) is 11.1 Å². The maximum absolute atomic E-state index is 14.7. The molecule has 1 amide bonds. The smallest absolute Gasteiger partial charge is 0.408 e. The Morgan fingerprint density at radius 1 is 1.04 bits per heavy atom. The van der Waals surface area contributed by atoms with Crippen LogP contribution in [0.15, 0.2) is 53.1 Å². The molecule has 1 saturated heterocycles. The lowest BCUT2D eigenvalue weighted by Gasteiger charge is -2.67. The van der Waals surface area contributed by atoms with E-state index in [1.165, 1.54) is 25.1 Å². The van der Waals surface area contributed by atoms with E-state index in [2.05, 4.69) is 5.32 Å². The molecule has 0 radical (unpaired) electrons. The van der Waals surface area contributed by atoms with Crippen molar-refractivity contribution in [3.8, 4) is 0 Å². The fourth-order valence-corrected chi connectivity index (χ4v) is 9.15. The first-order valence-electron chi connectivity index (χ1n) is 18.6. The lowest BCUT2D eigenvalue weighted by Crippen LogP contribution is -2.80. The number of alkyl carbamates (subject to hydrolysis) is 1. The average molecular weight is 770 g/mol. The molecule has 3 fully saturated rings. The van der Waals surface area contributed by atoms with Gasteiger partial charge in [-0.3, -0.25) is 9.59 Å². The Hall–Kier alpha value is -4.11. The van der Waals surface area contributed by atoms with Gasteiger partial charge in [-0.15, -0.1) is 0 Å². The molecule has 2 saturated carbocycles. The van der Waals surface area contributed by atoms with Crippen LogP contribution in [0.4, 0.5) is 4.79 Å². The van der Waals surface area contributed by atoms with E-state index in [1.807, 2.05) is 0 Å². The number of fused-ring (bicyclic) bond motifs is 5. The quantitative estimate of drug-likeness (QED) is 0.169. The van der Waals surface area contributed by atoms with E-state index < -0.39 is 106 Å². The van der Waals surface area contributed by atoms with Crippen LogP contribution in [0.1, 0.15) is 98.9 Å². The van der Waals surface area contributed by atoms with Crippen LogP contribution in [0.2, 0.25) is 0 Å². The molecule has 14 nitrogen and oxygen atoms in total. The minimum atomic E-state index is -2.23. The Balaban J connectivity index is 1.64. The summed E-state index contributed by atoms with van der Waals surface area (Å²) in [6.45, 7) is 16.0. The molecule has 3 aliphatic carbocycles. The van der Waals surface area contributed by atoms with Crippen LogP contribution in [-0.2, 0) is 38.1 Å². The summed E-state index contributed by atoms with van der Waals surface area (Å²) in [4.78, 5) is 68.1. The SMILES string of the molecule is CC(=O)O[C@@]12CO[C@@H]1C[C@H](O)[C@@]1(C)CC(=O)C3=C(C)[C@@H](OC(=O)[C@H](O)[C@H](C=C(C)C)NC(=O)OC(C)(C)C)C[C@@](O)([C@@H](OC(=O)c4ccccc4)[C@@H]12)C3(C)C. The van der Waals surface area contributed by atoms with E-state index in [0.717, 1.165) is 0 Å². The molecule has 4 N–H and O–H groups in total. The van der Waals surface area contributed by atoms with E-state index in [-0.39, 0.29) is 30.6 Å². The van der Waals surface area contributed by atoms with Gasteiger partial charge in [0.1, 0.15) is 29.5 Å². The number of allylic oxidation sites excluding steroid dienone is 1. The van der Waals surface area contributed by atoms with Crippen molar-refractivity contribution in [1.29, 1.82) is 0 Å². The van der Waals surface area contributed by atoms with Crippen molar-refractivity contribution in [3.05, 3.63) is 58.7 Å². The second-order valence-corrected chi connectivity index (χ2v) is 17.5. The zero-order chi connectivity index (χ0) is 41.1. The molecular weight excluding hydrogens is 714 g/mol. The molecule has 1 aromatic rings. The number of aliphatic hydroxyl groups is 3. The molecule has 0 unspecified atom stereocenters. The number of esters is 3. The minimum absolute atomic E-state index is 0.00900. The van der Waals surface area contributed by atoms with Gasteiger partial charge in [0.15, 0.2) is 17.5 Å². The lowest BCUT2D eigenvalue weighted by molar-refractivity contribution is -0.349. The molecule has 1 aliphatic heterocycles. The molecule has 1 aromatic carbocycles. The number of carbonyl (C=O) groups excluding carboxylic acids is 5. The molecule has 0 aromatic heterocycles. The number of amides is 1. The molecule has 302 valence electrons. The van der Waals surface area contributed by atoms with Crippen LogP contribution >= 0.6 is 0 Å². The van der Waals surface area contributed by atoms with Gasteiger partial charge >= 0.3 is 24.0 Å². The summed E-state index contributed by atoms with van der Waals surface area (Å²) in [7, 11) is 0. The molecule has 14 heteroatoms. The van der Waals surface area contributed by atoms with Gasteiger partial charge in [-0.2, -0.15) is 0 Å². The molecule has 4 aliphatic rings. The Morgan fingerprint density at radius 2 is 1.67 bits per heavy atom. The summed E-state index contributed by atoms with van der Waals surface area (Å²) >= 11 is 0. The zero-order valence-electron chi connectivity index (χ0n) is 33.3. The van der Waals surface area contributed by atoms with Crippen molar-refractivity contribution in [3.63, 3.8) is 0 Å². The molecule has 5 rings (SSSR count). The number of aliphatic hydroxyl groups excluding tert-OH is 2. The monoisotopic (exact) mass is 769 g/mol. The Morgan fingerprint density at radius 3 is 2.22 bits per heavy atom. The maximum atomic E-state index is 14.7. The summed E-state index contributed by atoms with van der Waals surface area (Å²) in [5, 5.41) is 39.0. The highest BCUT2D eigenvalue weighted by atomic mass is 16.6. The summed E-state index contributed by atoms with van der Waals surface area (Å²) in [5.41, 5.74) is -6.33. The summed E-state index contributed by atoms with van der Waals surface area (Å²) in [5.74, 6) is -4.34. The maximum Gasteiger partial charge on any atom is 0.408 e. The van der Waals surface area contributed by atoms with Gasteiger partial charge < -0.3 is 44.3 Å². The highest BCUT2D eigenvalue weighted by Crippen LogP contribution is 2.64. The predicted molar refractivity (Wildman–Crippen MR) is 196 cm³/mol. The third-order valence-electron chi connectivity index (χ3n) is 11.8. The van der Waals surface area contributed by atoms with Crippen molar-refractivity contribution in [2.75, 3.05) is 6.61 Å². The first-order chi connectivity index (χ1) is 25.4. The highest BCUT2D eigenvalue weighted by molar-refractivity contribution is 5.99. The highest BCUT2D eigenvalue weighted by Gasteiger charge is 2.76. The Labute approximate surface area is 321 Å². The van der Waals surface area contributed by atoms with Gasteiger partial charge in [0, 0.05) is 42.6 Å². The number of nitrogens with one attached hydrogen (secondary N) is 1. The van der Waals surface area contributed by atoms with E-state index in [9.17, 15) is 39.3 Å². The van der Waals surface area contributed by atoms with Crippen molar-refractivity contribution in [2.45, 2.75) is 142 Å². The van der Waals surface area contributed by atoms with Crippen LogP contribution in [0.3, 0.4) is 0 Å². The molecule has 2 bridgehead atoms.